The van der Waals surface area contributed by atoms with Crippen molar-refractivity contribution < 1.29 is 4.74 Å². The van der Waals surface area contributed by atoms with E-state index in [9.17, 15) is 0 Å². The van der Waals surface area contributed by atoms with Crippen LogP contribution < -0.4 is 0 Å². The molecule has 0 amide bonds. The second-order valence-corrected chi connectivity index (χ2v) is 5.26. The summed E-state index contributed by atoms with van der Waals surface area (Å²) in [5.41, 5.74) is 5.52. The second-order valence-electron chi connectivity index (χ2n) is 5.26. The van der Waals surface area contributed by atoms with Crippen LogP contribution in [0.4, 0.5) is 0 Å². The van der Waals surface area contributed by atoms with Gasteiger partial charge in [-0.3, -0.25) is 9.98 Å². The Balaban J connectivity index is 2.65. The molecule has 0 N–H and O–H groups in total. The fourth-order valence-electron chi connectivity index (χ4n) is 2.56. The first-order valence-electron chi connectivity index (χ1n) is 6.70. The van der Waals surface area contributed by atoms with Gasteiger partial charge in [-0.25, -0.2) is 0 Å². The lowest BCUT2D eigenvalue weighted by Gasteiger charge is -2.35. The molecule has 0 spiro atoms. The Morgan fingerprint density at radius 2 is 2.00 bits per heavy atom. The van der Waals surface area contributed by atoms with Gasteiger partial charge in [0.25, 0.3) is 0 Å². The molecule has 0 aromatic rings. The Labute approximate surface area is 115 Å². The smallest absolute Gasteiger partial charge is 0.146 e. The number of methoxy groups -OCH3 is 1. The zero-order valence-electron chi connectivity index (χ0n) is 12.7. The van der Waals surface area contributed by atoms with Crippen molar-refractivity contribution in [2.24, 2.45) is 9.98 Å². The Morgan fingerprint density at radius 3 is 2.53 bits per heavy atom. The summed E-state index contributed by atoms with van der Waals surface area (Å²) < 4.78 is 5.50. The number of rotatable bonds is 2. The number of allylic oxidation sites excluding steroid dienone is 4. The summed E-state index contributed by atoms with van der Waals surface area (Å²) in [6, 6.07) is 0. The number of nitrogens with zero attached hydrogens (tertiary/aromatic N) is 2. The van der Waals surface area contributed by atoms with E-state index in [2.05, 4.69) is 38.8 Å². The van der Waals surface area contributed by atoms with E-state index in [1.807, 2.05) is 6.08 Å². The first-order valence-corrected chi connectivity index (χ1v) is 6.70. The van der Waals surface area contributed by atoms with Gasteiger partial charge in [-0.2, -0.15) is 0 Å². The normalized spacial score (nSPS) is 28.7. The molecule has 1 heterocycles. The van der Waals surface area contributed by atoms with E-state index in [4.69, 9.17) is 9.73 Å². The van der Waals surface area contributed by atoms with E-state index < -0.39 is 0 Å². The third-order valence-corrected chi connectivity index (χ3v) is 4.36. The molecule has 0 aromatic heterocycles. The minimum atomic E-state index is -0.130. The molecule has 19 heavy (non-hydrogen) atoms. The van der Waals surface area contributed by atoms with Crippen molar-refractivity contribution >= 4 is 11.4 Å². The van der Waals surface area contributed by atoms with Crippen molar-refractivity contribution in [3.05, 3.63) is 34.6 Å². The van der Waals surface area contributed by atoms with E-state index in [0.717, 1.165) is 29.2 Å². The van der Waals surface area contributed by atoms with Crippen LogP contribution >= 0.6 is 0 Å². The maximum atomic E-state index is 5.50. The standard InChI is InChI=1S/C16H22N2O/c1-7-16(4)11(3)10(2)13-8-12(17-5)9-14(19-6)15(13)18-16/h8-9H,7H2,1-6H3. The number of hydrogen-bond donors (Lipinski definition) is 0. The second kappa shape index (κ2) is 4.80. The molecule has 0 fully saturated rings. The fraction of sp³-hybridized carbons (Fsp3) is 0.500. The van der Waals surface area contributed by atoms with Gasteiger partial charge >= 0.3 is 0 Å². The summed E-state index contributed by atoms with van der Waals surface area (Å²) >= 11 is 0. The van der Waals surface area contributed by atoms with Gasteiger partial charge in [-0.1, -0.05) is 6.92 Å². The lowest BCUT2D eigenvalue weighted by molar-refractivity contribution is 0.314. The van der Waals surface area contributed by atoms with Crippen molar-refractivity contribution in [2.75, 3.05) is 14.2 Å². The summed E-state index contributed by atoms with van der Waals surface area (Å²) in [6.45, 7) is 8.70. The molecule has 2 rings (SSSR count). The van der Waals surface area contributed by atoms with E-state index in [1.165, 1.54) is 11.1 Å². The van der Waals surface area contributed by atoms with Gasteiger partial charge in [0, 0.05) is 18.7 Å². The van der Waals surface area contributed by atoms with Gasteiger partial charge in [0.15, 0.2) is 0 Å². The van der Waals surface area contributed by atoms with Crippen LogP contribution in [0.1, 0.15) is 34.1 Å². The molecule has 0 saturated carbocycles. The number of fused-ring (bicyclic) bond motifs is 1. The van der Waals surface area contributed by atoms with Crippen molar-refractivity contribution in [2.45, 2.75) is 39.7 Å². The summed E-state index contributed by atoms with van der Waals surface area (Å²) in [5, 5.41) is 0. The van der Waals surface area contributed by atoms with E-state index in [-0.39, 0.29) is 5.54 Å². The van der Waals surface area contributed by atoms with Crippen molar-refractivity contribution in [3.8, 4) is 0 Å². The molecule has 1 aliphatic heterocycles. The zero-order chi connectivity index (χ0) is 14.2. The molecule has 1 aliphatic carbocycles. The predicted molar refractivity (Wildman–Crippen MR) is 81.0 cm³/mol. The number of hydrogen-bond acceptors (Lipinski definition) is 3. The molecule has 0 aromatic carbocycles. The average molecular weight is 258 g/mol. The molecule has 1 atom stereocenters. The minimum absolute atomic E-state index is 0.130. The maximum absolute atomic E-state index is 5.50. The Morgan fingerprint density at radius 1 is 1.32 bits per heavy atom. The van der Waals surface area contributed by atoms with Crippen LogP contribution in [0.25, 0.3) is 0 Å². The van der Waals surface area contributed by atoms with Gasteiger partial charge in [0.1, 0.15) is 11.5 Å². The molecule has 3 heteroatoms. The molecule has 3 nitrogen and oxygen atoms in total. The molecule has 0 saturated heterocycles. The monoisotopic (exact) mass is 258 g/mol. The van der Waals surface area contributed by atoms with E-state index in [1.54, 1.807) is 14.2 Å². The number of dihydropyridines is 1. The first kappa shape index (κ1) is 13.8. The number of ether oxygens (including phenoxy) is 1. The lowest BCUT2D eigenvalue weighted by atomic mass is 9.79. The maximum Gasteiger partial charge on any atom is 0.146 e. The number of aliphatic imine (C=N–C) groups is 2. The van der Waals surface area contributed by atoms with Gasteiger partial charge in [-0.15, -0.1) is 0 Å². The zero-order valence-corrected chi connectivity index (χ0v) is 12.7. The third kappa shape index (κ3) is 2.07. The van der Waals surface area contributed by atoms with E-state index >= 15 is 0 Å². The summed E-state index contributed by atoms with van der Waals surface area (Å²) in [5.74, 6) is 0.810. The highest BCUT2D eigenvalue weighted by molar-refractivity contribution is 6.25. The fourth-order valence-corrected chi connectivity index (χ4v) is 2.56. The molecular formula is C16H22N2O. The van der Waals surface area contributed by atoms with Crippen LogP contribution in [0.15, 0.2) is 44.6 Å². The summed E-state index contributed by atoms with van der Waals surface area (Å²) in [4.78, 5) is 9.21. The highest BCUT2D eigenvalue weighted by Gasteiger charge is 2.34. The molecule has 0 radical (unpaired) electrons. The Bertz CT molecular complexity index is 561. The van der Waals surface area contributed by atoms with Crippen LogP contribution in [-0.2, 0) is 4.74 Å². The van der Waals surface area contributed by atoms with E-state index in [0.29, 0.717) is 0 Å². The van der Waals surface area contributed by atoms with Crippen molar-refractivity contribution in [1.82, 2.24) is 0 Å². The van der Waals surface area contributed by atoms with Crippen molar-refractivity contribution in [3.63, 3.8) is 0 Å². The highest BCUT2D eigenvalue weighted by atomic mass is 16.5. The summed E-state index contributed by atoms with van der Waals surface area (Å²) in [6.07, 6.45) is 5.03. The predicted octanol–water partition coefficient (Wildman–Crippen LogP) is 3.49. The van der Waals surface area contributed by atoms with Crippen LogP contribution in [0.2, 0.25) is 0 Å². The largest absolute Gasteiger partial charge is 0.494 e. The van der Waals surface area contributed by atoms with Crippen LogP contribution in [0.5, 0.6) is 0 Å². The Kier molecular flexibility index (Phi) is 3.48. The Hall–Kier alpha value is -1.64. The highest BCUT2D eigenvalue weighted by Crippen LogP contribution is 2.38. The van der Waals surface area contributed by atoms with Gasteiger partial charge in [-0.05, 0) is 44.4 Å². The van der Waals surface area contributed by atoms with Gasteiger partial charge in [0.2, 0.25) is 0 Å². The average Bonchev–Trinajstić information content (AvgIpc) is 2.44. The molecule has 2 aliphatic rings. The lowest BCUT2D eigenvalue weighted by Crippen LogP contribution is -2.33. The molecule has 1 unspecified atom stereocenters. The quantitative estimate of drug-likeness (QED) is 0.698. The first-order chi connectivity index (χ1) is 8.96. The van der Waals surface area contributed by atoms with Crippen LogP contribution in [0, 0.1) is 0 Å². The van der Waals surface area contributed by atoms with Crippen LogP contribution in [0.3, 0.4) is 0 Å². The van der Waals surface area contributed by atoms with Gasteiger partial charge < -0.3 is 4.74 Å². The molecular weight excluding hydrogens is 236 g/mol. The third-order valence-electron chi connectivity index (χ3n) is 4.36. The minimum Gasteiger partial charge on any atom is -0.494 e. The summed E-state index contributed by atoms with van der Waals surface area (Å²) in [7, 11) is 3.48. The van der Waals surface area contributed by atoms with Crippen LogP contribution in [-0.4, -0.2) is 31.1 Å². The SMILES string of the molecule is CCC1(C)N=C2C(OC)=CC(=NC)C=C2C(C)=C1C. The van der Waals surface area contributed by atoms with Gasteiger partial charge in [0.05, 0.1) is 18.4 Å². The molecule has 102 valence electrons. The molecule has 0 bridgehead atoms. The topological polar surface area (TPSA) is 34.0 Å². The van der Waals surface area contributed by atoms with Crippen molar-refractivity contribution in [1.29, 1.82) is 0 Å².